The number of hydrogen-bond acceptors (Lipinski definition) is 11. The molecule has 4 aromatic rings. The smallest absolute Gasteiger partial charge is 0.410 e. The van der Waals surface area contributed by atoms with Gasteiger partial charge in [-0.15, -0.1) is 0 Å². The number of sulfonamides is 2. The number of anilines is 2. The van der Waals surface area contributed by atoms with E-state index in [1.165, 1.54) is 59.5 Å². The van der Waals surface area contributed by atoms with Crippen LogP contribution in [0, 0.1) is 0 Å². The molecular weight excluding hydrogens is 749 g/mol. The van der Waals surface area contributed by atoms with E-state index in [1.807, 2.05) is 0 Å². The number of aromatic nitrogens is 3. The zero-order valence-electron chi connectivity index (χ0n) is 28.2. The largest absolute Gasteiger partial charge is 0.444 e. The highest BCUT2D eigenvalue weighted by molar-refractivity contribution is 7.89. The van der Waals surface area contributed by atoms with Crippen molar-refractivity contribution in [2.75, 3.05) is 30.3 Å². The third-order valence-corrected chi connectivity index (χ3v) is 10.6. The number of nitrogens with one attached hydrogen (secondary N) is 3. The maximum atomic E-state index is 13.5. The van der Waals surface area contributed by atoms with Gasteiger partial charge in [0.1, 0.15) is 22.6 Å². The fourth-order valence-corrected chi connectivity index (χ4v) is 7.54. The number of alkyl halides is 3. The molecule has 280 valence electrons. The van der Waals surface area contributed by atoms with Crippen molar-refractivity contribution in [3.8, 4) is 11.3 Å². The molecule has 0 unspecified atom stereocenters. The van der Waals surface area contributed by atoms with Gasteiger partial charge in [-0.1, -0.05) is 29.8 Å². The SMILES string of the molecule is CC(C)(C)OC(=O)N1CCC(NS(=O)(=O)c2cc(-c3ccc4nc(NCc5ccc(S(N)(=O)=O)cc5)nc(NCC(F)(F)F)c4n3)ccc2Cl)CC1. The van der Waals surface area contributed by atoms with Crippen LogP contribution in [0.5, 0.6) is 0 Å². The number of hydrogen-bond donors (Lipinski definition) is 4. The van der Waals surface area contributed by atoms with Gasteiger partial charge >= 0.3 is 12.3 Å². The lowest BCUT2D eigenvalue weighted by Gasteiger charge is -2.33. The van der Waals surface area contributed by atoms with E-state index in [4.69, 9.17) is 21.5 Å². The Kier molecular flexibility index (Phi) is 11.2. The van der Waals surface area contributed by atoms with Crippen LogP contribution in [-0.2, 0) is 31.3 Å². The lowest BCUT2D eigenvalue weighted by molar-refractivity contribution is -0.115. The maximum Gasteiger partial charge on any atom is 0.410 e. The van der Waals surface area contributed by atoms with Gasteiger partial charge < -0.3 is 20.3 Å². The normalized spacial score (nSPS) is 14.7. The molecule has 0 bridgehead atoms. The second kappa shape index (κ2) is 15.0. The third kappa shape index (κ3) is 10.2. The van der Waals surface area contributed by atoms with Crippen LogP contribution >= 0.6 is 11.6 Å². The van der Waals surface area contributed by atoms with Gasteiger partial charge in [-0.3, -0.25) is 0 Å². The second-order valence-corrected chi connectivity index (χ2v) is 16.6. The van der Waals surface area contributed by atoms with Crippen molar-refractivity contribution >= 4 is 60.5 Å². The fraction of sp³-hybridized carbons (Fsp3) is 0.375. The molecular formula is C32H36ClF3N8O6S2. The molecule has 1 saturated heterocycles. The predicted octanol–water partition coefficient (Wildman–Crippen LogP) is 5.26. The molecule has 2 aromatic carbocycles. The Morgan fingerprint density at radius 2 is 1.63 bits per heavy atom. The van der Waals surface area contributed by atoms with Crippen molar-refractivity contribution in [3.05, 3.63) is 65.2 Å². The number of primary sulfonamides is 1. The van der Waals surface area contributed by atoms with Crippen LogP contribution in [-0.4, -0.2) is 80.2 Å². The number of fused-ring (bicyclic) bond motifs is 1. The molecule has 0 saturated carbocycles. The average Bonchev–Trinajstić information content (AvgIpc) is 3.05. The summed E-state index contributed by atoms with van der Waals surface area (Å²) in [6.45, 7) is 4.52. The number of ether oxygens (including phenoxy) is 1. The topological polar surface area (TPSA) is 199 Å². The van der Waals surface area contributed by atoms with Gasteiger partial charge in [-0.2, -0.15) is 18.2 Å². The third-order valence-electron chi connectivity index (χ3n) is 7.69. The molecule has 0 spiro atoms. The molecule has 14 nitrogen and oxygen atoms in total. The van der Waals surface area contributed by atoms with Gasteiger partial charge in [0, 0.05) is 31.2 Å². The first-order valence-corrected chi connectivity index (χ1v) is 19.2. The summed E-state index contributed by atoms with van der Waals surface area (Å²) in [7, 11) is -8.05. The first-order chi connectivity index (χ1) is 24.2. The lowest BCUT2D eigenvalue weighted by Crippen LogP contribution is -2.47. The molecule has 5 rings (SSSR count). The molecule has 20 heteroatoms. The fourth-order valence-electron chi connectivity index (χ4n) is 5.20. The monoisotopic (exact) mass is 784 g/mol. The van der Waals surface area contributed by atoms with Crippen LogP contribution in [0.3, 0.4) is 0 Å². The number of nitrogens with two attached hydrogens (primary N) is 1. The molecule has 0 aliphatic carbocycles. The van der Waals surface area contributed by atoms with Crippen molar-refractivity contribution in [3.63, 3.8) is 0 Å². The zero-order chi connectivity index (χ0) is 38.1. The van der Waals surface area contributed by atoms with Crippen molar-refractivity contribution < 1.29 is 39.5 Å². The first kappa shape index (κ1) is 38.9. The number of carbonyl (C=O) groups is 1. The van der Waals surface area contributed by atoms with Crippen LogP contribution in [0.4, 0.5) is 29.7 Å². The second-order valence-electron chi connectivity index (χ2n) is 13.0. The van der Waals surface area contributed by atoms with E-state index in [0.29, 0.717) is 24.0 Å². The quantitative estimate of drug-likeness (QED) is 0.164. The van der Waals surface area contributed by atoms with Crippen molar-refractivity contribution in [1.29, 1.82) is 0 Å². The minimum absolute atomic E-state index is 0.0148. The number of piperidine rings is 1. The Hall–Kier alpha value is -4.30. The summed E-state index contributed by atoms with van der Waals surface area (Å²) in [6, 6.07) is 12.4. The standard InChI is InChI=1S/C32H36ClF3N8O6S2/c1-31(2,3)50-30(45)44-14-12-21(13-15-44)43-52(48,49)26-16-20(6-9-23(26)33)24-10-11-25-27(40-24)28(39-18-32(34,35)36)42-29(41-25)38-17-19-4-7-22(8-5-19)51(37,46)47/h4-11,16,21,43H,12-15,17-18H2,1-3H3,(H2,37,46,47)(H2,38,39,41,42). The van der Waals surface area contributed by atoms with E-state index in [1.54, 1.807) is 20.8 Å². The minimum atomic E-state index is -4.59. The summed E-state index contributed by atoms with van der Waals surface area (Å²) in [5, 5.41) is 10.2. The van der Waals surface area contributed by atoms with Gasteiger partial charge in [-0.05, 0) is 75.6 Å². The number of rotatable bonds is 10. The summed E-state index contributed by atoms with van der Waals surface area (Å²) in [6.07, 6.45) is -4.38. The lowest BCUT2D eigenvalue weighted by atomic mass is 10.1. The molecule has 5 N–H and O–H groups in total. The van der Waals surface area contributed by atoms with E-state index in [2.05, 4.69) is 30.3 Å². The van der Waals surface area contributed by atoms with Crippen LogP contribution in [0.25, 0.3) is 22.3 Å². The van der Waals surface area contributed by atoms with Crippen molar-refractivity contribution in [2.24, 2.45) is 5.14 Å². The van der Waals surface area contributed by atoms with Gasteiger partial charge in [0.25, 0.3) is 0 Å². The van der Waals surface area contributed by atoms with Gasteiger partial charge in [0.15, 0.2) is 5.82 Å². The van der Waals surface area contributed by atoms with Gasteiger partial charge in [0.05, 0.1) is 21.1 Å². The van der Waals surface area contributed by atoms with Gasteiger partial charge in [-0.25, -0.2) is 41.5 Å². The molecule has 1 fully saturated rings. The number of likely N-dealkylation sites (tertiary alicyclic amines) is 1. The Morgan fingerprint density at radius 1 is 0.962 bits per heavy atom. The summed E-state index contributed by atoms with van der Waals surface area (Å²) in [5.41, 5.74) is 0.625. The van der Waals surface area contributed by atoms with E-state index < -0.39 is 50.5 Å². The number of pyridine rings is 1. The summed E-state index contributed by atoms with van der Waals surface area (Å²) in [4.78, 5) is 26.7. The molecule has 2 aromatic heterocycles. The molecule has 0 atom stereocenters. The Morgan fingerprint density at radius 3 is 2.25 bits per heavy atom. The Labute approximate surface area is 303 Å². The molecule has 1 aliphatic heterocycles. The zero-order valence-corrected chi connectivity index (χ0v) is 30.5. The van der Waals surface area contributed by atoms with Crippen molar-refractivity contribution in [2.45, 2.75) is 67.8 Å². The molecule has 3 heterocycles. The van der Waals surface area contributed by atoms with E-state index in [9.17, 15) is 34.8 Å². The first-order valence-electron chi connectivity index (χ1n) is 15.8. The molecule has 0 radical (unpaired) electrons. The molecule has 1 amide bonds. The van der Waals surface area contributed by atoms with Gasteiger partial charge in [0.2, 0.25) is 26.0 Å². The summed E-state index contributed by atoms with van der Waals surface area (Å²) < 4.78 is 97.9. The van der Waals surface area contributed by atoms with Crippen LogP contribution in [0.2, 0.25) is 5.02 Å². The highest BCUT2D eigenvalue weighted by Gasteiger charge is 2.31. The number of halogens is 4. The highest BCUT2D eigenvalue weighted by atomic mass is 35.5. The predicted molar refractivity (Wildman–Crippen MR) is 189 cm³/mol. The van der Waals surface area contributed by atoms with E-state index >= 15 is 0 Å². The van der Waals surface area contributed by atoms with Crippen LogP contribution in [0.15, 0.2) is 64.4 Å². The average molecular weight is 785 g/mol. The number of carbonyl (C=O) groups excluding carboxylic acids is 1. The summed E-state index contributed by atoms with van der Waals surface area (Å²) >= 11 is 6.35. The van der Waals surface area contributed by atoms with Crippen molar-refractivity contribution in [1.82, 2.24) is 24.6 Å². The highest BCUT2D eigenvalue weighted by Crippen LogP contribution is 2.31. The number of benzene rings is 2. The molecule has 52 heavy (non-hydrogen) atoms. The van der Waals surface area contributed by atoms with E-state index in [-0.39, 0.29) is 62.9 Å². The maximum absolute atomic E-state index is 13.5. The van der Waals surface area contributed by atoms with Crippen LogP contribution in [0.1, 0.15) is 39.2 Å². The minimum Gasteiger partial charge on any atom is -0.444 e. The van der Waals surface area contributed by atoms with E-state index in [0.717, 1.165) is 0 Å². The number of nitrogens with zero attached hydrogens (tertiary/aromatic N) is 4. The Balaban J connectivity index is 1.37. The Bertz CT molecular complexity index is 2180. The summed E-state index contributed by atoms with van der Waals surface area (Å²) in [5.74, 6) is -0.275. The molecule has 1 aliphatic rings. The van der Waals surface area contributed by atoms with Crippen LogP contribution < -0.4 is 20.5 Å². The number of amides is 1.